The molecule has 1 amide bonds. The lowest BCUT2D eigenvalue weighted by Gasteiger charge is -2.17. The van der Waals surface area contributed by atoms with Crippen molar-refractivity contribution in [3.8, 4) is 28.4 Å². The highest BCUT2D eigenvalue weighted by Gasteiger charge is 2.29. The number of benzene rings is 1. The van der Waals surface area contributed by atoms with Crippen molar-refractivity contribution in [2.75, 3.05) is 40.4 Å². The van der Waals surface area contributed by atoms with Crippen molar-refractivity contribution in [3.05, 3.63) is 47.0 Å². The predicted octanol–water partition coefficient (Wildman–Crippen LogP) is 3.31. The molecule has 10 nitrogen and oxygen atoms in total. The van der Waals surface area contributed by atoms with Gasteiger partial charge in [0, 0.05) is 30.9 Å². The zero-order valence-corrected chi connectivity index (χ0v) is 22.1. The van der Waals surface area contributed by atoms with Crippen LogP contribution in [0.25, 0.3) is 22.6 Å². The van der Waals surface area contributed by atoms with Crippen LogP contribution in [-0.2, 0) is 11.2 Å². The van der Waals surface area contributed by atoms with Gasteiger partial charge in [0.1, 0.15) is 24.2 Å². The van der Waals surface area contributed by atoms with Gasteiger partial charge in [-0.25, -0.2) is 14.8 Å². The first-order valence-corrected chi connectivity index (χ1v) is 12.5. The topological polar surface area (TPSA) is 123 Å². The Morgan fingerprint density at radius 3 is 2.81 bits per heavy atom. The predicted molar refractivity (Wildman–Crippen MR) is 138 cm³/mol. The second kappa shape index (κ2) is 11.7. The van der Waals surface area contributed by atoms with E-state index in [9.17, 15) is 9.90 Å². The molecule has 10 heteroatoms. The molecule has 1 aliphatic rings. The van der Waals surface area contributed by atoms with Crippen LogP contribution in [0.15, 0.2) is 28.8 Å². The van der Waals surface area contributed by atoms with E-state index in [1.165, 1.54) is 7.11 Å². The van der Waals surface area contributed by atoms with Gasteiger partial charge >= 0.3 is 6.09 Å². The quantitative estimate of drug-likeness (QED) is 0.447. The summed E-state index contributed by atoms with van der Waals surface area (Å²) in [5.41, 5.74) is 5.12. The van der Waals surface area contributed by atoms with E-state index in [0.29, 0.717) is 43.4 Å². The lowest BCUT2D eigenvalue weighted by atomic mass is 9.96. The Morgan fingerprint density at radius 1 is 1.30 bits per heavy atom. The number of ether oxygens (including phenoxy) is 2. The first-order valence-electron chi connectivity index (χ1n) is 12.5. The molecule has 0 bridgehead atoms. The van der Waals surface area contributed by atoms with Gasteiger partial charge < -0.3 is 29.3 Å². The summed E-state index contributed by atoms with van der Waals surface area (Å²) in [6.45, 7) is 7.73. The molecule has 1 saturated heterocycles. The summed E-state index contributed by atoms with van der Waals surface area (Å²) >= 11 is 0. The smallest absolute Gasteiger partial charge is 0.409 e. The number of nitrogens with one attached hydrogen (secondary N) is 1. The number of amides is 1. The van der Waals surface area contributed by atoms with Crippen molar-refractivity contribution < 1.29 is 23.9 Å². The first-order chi connectivity index (χ1) is 17.8. The number of hydrogen-bond acceptors (Lipinski definition) is 9. The van der Waals surface area contributed by atoms with Gasteiger partial charge in [0.05, 0.1) is 24.1 Å². The van der Waals surface area contributed by atoms with Crippen molar-refractivity contribution in [3.63, 3.8) is 0 Å². The number of rotatable bonds is 9. The highest BCUT2D eigenvalue weighted by molar-refractivity contribution is 5.71. The molecule has 0 saturated carbocycles. The summed E-state index contributed by atoms with van der Waals surface area (Å²) in [4.78, 5) is 23.7. The van der Waals surface area contributed by atoms with Crippen LogP contribution >= 0.6 is 0 Å². The van der Waals surface area contributed by atoms with E-state index in [4.69, 9.17) is 24.0 Å². The Balaban J connectivity index is 1.69. The number of carbonyl (C=O) groups excluding carboxylic acids is 1. The van der Waals surface area contributed by atoms with Crippen LogP contribution in [-0.4, -0.2) is 77.7 Å². The summed E-state index contributed by atoms with van der Waals surface area (Å²) in [5.74, 6) is 2.16. The van der Waals surface area contributed by atoms with Gasteiger partial charge in [-0.15, -0.1) is 0 Å². The van der Waals surface area contributed by atoms with E-state index in [0.717, 1.165) is 40.2 Å². The van der Waals surface area contributed by atoms with Crippen molar-refractivity contribution in [1.29, 1.82) is 0 Å². The van der Waals surface area contributed by atoms with Gasteiger partial charge in [-0.1, -0.05) is 17.3 Å². The second-order valence-electron chi connectivity index (χ2n) is 9.49. The fourth-order valence-electron chi connectivity index (χ4n) is 4.73. The fraction of sp³-hybridized carbons (Fsp3) is 0.481. The minimum absolute atomic E-state index is 0.174. The third-order valence-electron chi connectivity index (χ3n) is 6.69. The number of aliphatic hydroxyl groups is 1. The fourth-order valence-corrected chi connectivity index (χ4v) is 4.73. The summed E-state index contributed by atoms with van der Waals surface area (Å²) in [7, 11) is 3.19. The van der Waals surface area contributed by atoms with Crippen molar-refractivity contribution >= 4 is 6.09 Å². The molecule has 1 fully saturated rings. The number of likely N-dealkylation sites (tertiary alicyclic amines) is 1. The highest BCUT2D eigenvalue weighted by Crippen LogP contribution is 2.33. The molecule has 0 spiro atoms. The Morgan fingerprint density at radius 2 is 2.11 bits per heavy atom. The maximum Gasteiger partial charge on any atom is 0.409 e. The molecule has 2 unspecified atom stereocenters. The van der Waals surface area contributed by atoms with Crippen LogP contribution in [0, 0.1) is 26.7 Å². The lowest BCUT2D eigenvalue weighted by Crippen LogP contribution is -2.29. The van der Waals surface area contributed by atoms with E-state index in [2.05, 4.69) is 10.5 Å². The number of methoxy groups -OCH3 is 1. The molecule has 37 heavy (non-hydrogen) atoms. The molecular formula is C27H35N5O5. The van der Waals surface area contributed by atoms with Gasteiger partial charge in [0.25, 0.3) is 0 Å². The Labute approximate surface area is 217 Å². The summed E-state index contributed by atoms with van der Waals surface area (Å²) in [6, 6.07) is 7.56. The monoisotopic (exact) mass is 509 g/mol. The van der Waals surface area contributed by atoms with Crippen LogP contribution in [0.2, 0.25) is 0 Å². The number of carbonyl (C=O) groups is 1. The van der Waals surface area contributed by atoms with E-state index >= 15 is 0 Å². The molecule has 0 radical (unpaired) electrons. The minimum atomic E-state index is -0.613. The first kappa shape index (κ1) is 26.6. The summed E-state index contributed by atoms with van der Waals surface area (Å²) in [5, 5.41) is 17.1. The van der Waals surface area contributed by atoms with Crippen molar-refractivity contribution in [2.24, 2.45) is 5.92 Å². The SMILES string of the molecule is CNCC(O)COc1cccc(-c2nc(CC3CCN(C(=O)OC)C3)c(C)c(-c3c(C)noc3C)n2)c1. The molecular weight excluding hydrogens is 474 g/mol. The van der Waals surface area contributed by atoms with E-state index in [-0.39, 0.29) is 18.6 Å². The minimum Gasteiger partial charge on any atom is -0.491 e. The van der Waals surface area contributed by atoms with Crippen LogP contribution in [0.3, 0.4) is 0 Å². The maximum atomic E-state index is 12.0. The average molecular weight is 510 g/mol. The highest BCUT2D eigenvalue weighted by atomic mass is 16.5. The number of hydrogen-bond donors (Lipinski definition) is 2. The molecule has 4 rings (SSSR count). The average Bonchev–Trinajstić information content (AvgIpc) is 3.50. The largest absolute Gasteiger partial charge is 0.491 e. The normalized spacial score (nSPS) is 16.2. The molecule has 0 aliphatic carbocycles. The molecule has 1 aliphatic heterocycles. The number of likely N-dealkylation sites (N-methyl/N-ethyl adjacent to an activating group) is 1. The van der Waals surface area contributed by atoms with E-state index < -0.39 is 6.10 Å². The summed E-state index contributed by atoms with van der Waals surface area (Å²) in [6.07, 6.45) is 0.679. The van der Waals surface area contributed by atoms with Gasteiger partial charge in [-0.2, -0.15) is 0 Å². The molecule has 1 aromatic carbocycles. The van der Waals surface area contributed by atoms with Crippen LogP contribution in [0.4, 0.5) is 4.79 Å². The number of aromatic nitrogens is 3. The Kier molecular flexibility index (Phi) is 8.40. The molecule has 2 aromatic heterocycles. The molecule has 3 heterocycles. The standard InChI is InChI=1S/C27H35N5O5/c1-16-23(11-19-9-10-32(14-19)27(34)35-5)29-26(30-25(16)24-17(2)31-37-18(24)3)20-7-6-8-22(12-20)36-15-21(33)13-28-4/h6-8,12,19,21,28,33H,9-11,13-15H2,1-5H3. The van der Waals surface area contributed by atoms with Crippen molar-refractivity contribution in [2.45, 2.75) is 39.7 Å². The third kappa shape index (κ3) is 6.08. The molecule has 2 N–H and O–H groups in total. The zero-order valence-electron chi connectivity index (χ0n) is 22.1. The second-order valence-corrected chi connectivity index (χ2v) is 9.49. The van der Waals surface area contributed by atoms with Crippen LogP contribution < -0.4 is 10.1 Å². The third-order valence-corrected chi connectivity index (χ3v) is 6.69. The van der Waals surface area contributed by atoms with Gasteiger partial charge in [-0.05, 0) is 64.3 Å². The van der Waals surface area contributed by atoms with E-state index in [1.54, 1.807) is 11.9 Å². The van der Waals surface area contributed by atoms with Crippen LogP contribution in [0.1, 0.15) is 29.1 Å². The van der Waals surface area contributed by atoms with Gasteiger partial charge in [0.2, 0.25) is 0 Å². The Hall–Kier alpha value is -3.50. The molecule has 3 aromatic rings. The maximum absolute atomic E-state index is 12.0. The summed E-state index contributed by atoms with van der Waals surface area (Å²) < 4.78 is 16.2. The zero-order chi connectivity index (χ0) is 26.5. The van der Waals surface area contributed by atoms with Gasteiger partial charge in [0.15, 0.2) is 5.82 Å². The number of aryl methyl sites for hydroxylation is 2. The van der Waals surface area contributed by atoms with E-state index in [1.807, 2.05) is 45.0 Å². The van der Waals surface area contributed by atoms with Crippen LogP contribution in [0.5, 0.6) is 5.75 Å². The number of aliphatic hydroxyl groups excluding tert-OH is 1. The molecule has 198 valence electrons. The van der Waals surface area contributed by atoms with Gasteiger partial charge in [-0.3, -0.25) is 0 Å². The Bertz CT molecular complexity index is 1220. The lowest BCUT2D eigenvalue weighted by molar-refractivity contribution is 0.108. The number of nitrogens with zero attached hydrogens (tertiary/aromatic N) is 4. The van der Waals surface area contributed by atoms with Crippen molar-refractivity contribution in [1.82, 2.24) is 25.3 Å². The molecule has 2 atom stereocenters.